The number of hydrogen-bond acceptors (Lipinski definition) is 5. The van der Waals surface area contributed by atoms with E-state index in [1.54, 1.807) is 25.3 Å². The van der Waals surface area contributed by atoms with E-state index in [1.165, 1.54) is 17.7 Å². The van der Waals surface area contributed by atoms with E-state index in [1.807, 2.05) is 35.9 Å². The quantitative estimate of drug-likeness (QED) is 0.240. The Morgan fingerprint density at radius 2 is 1.54 bits per heavy atom. The maximum Gasteiger partial charge on any atom is 0.393 e. The molecule has 0 fully saturated rings. The van der Waals surface area contributed by atoms with Gasteiger partial charge in [0.05, 0.1) is 20.1 Å². The molecule has 0 unspecified atom stereocenters. The number of aryl methyl sites for hydroxylation is 1. The first-order valence-electron chi connectivity index (χ1n) is 12.3. The summed E-state index contributed by atoms with van der Waals surface area (Å²) in [7, 11) is 1.55. The molecule has 2 N–H and O–H groups in total. The molecule has 39 heavy (non-hydrogen) atoms. The predicted octanol–water partition coefficient (Wildman–Crippen LogP) is 6.73. The standard InChI is InChI=1S/C30H27F3N4O2/c1-19-3-10-23(11-4-19)24-14-25-28(35-16-24)37(29(34)36-25)17-22-9-12-26(27(13-22)38-2)39-18-21-7-5-20(6-8-21)15-30(31,32)33/h3-14,16H,15,17-18H2,1-2H3,(H2,34,36). The van der Waals surface area contributed by atoms with Crippen LogP contribution in [-0.4, -0.2) is 27.8 Å². The van der Waals surface area contributed by atoms with Crippen LogP contribution in [0.1, 0.15) is 22.3 Å². The number of halogens is 3. The minimum atomic E-state index is -4.23. The molecular weight excluding hydrogens is 505 g/mol. The monoisotopic (exact) mass is 532 g/mol. The zero-order valence-electron chi connectivity index (χ0n) is 21.5. The molecule has 0 spiro atoms. The molecule has 5 rings (SSSR count). The van der Waals surface area contributed by atoms with Crippen LogP contribution in [0, 0.1) is 6.92 Å². The third-order valence-corrected chi connectivity index (χ3v) is 6.39. The third-order valence-electron chi connectivity index (χ3n) is 6.39. The lowest BCUT2D eigenvalue weighted by atomic mass is 10.1. The van der Waals surface area contributed by atoms with Crippen LogP contribution < -0.4 is 15.2 Å². The lowest BCUT2D eigenvalue weighted by Crippen LogP contribution is -2.11. The molecular formula is C30H27F3N4O2. The smallest absolute Gasteiger partial charge is 0.393 e. The Bertz CT molecular complexity index is 1590. The molecule has 2 aromatic heterocycles. The predicted molar refractivity (Wildman–Crippen MR) is 145 cm³/mol. The molecule has 0 bridgehead atoms. The van der Waals surface area contributed by atoms with Crippen LogP contribution >= 0.6 is 0 Å². The lowest BCUT2D eigenvalue weighted by Gasteiger charge is -2.14. The highest BCUT2D eigenvalue weighted by Crippen LogP contribution is 2.31. The Balaban J connectivity index is 1.30. The molecule has 0 amide bonds. The van der Waals surface area contributed by atoms with Gasteiger partial charge in [-0.15, -0.1) is 0 Å². The largest absolute Gasteiger partial charge is 0.493 e. The highest BCUT2D eigenvalue weighted by atomic mass is 19.4. The molecule has 0 aliphatic rings. The Morgan fingerprint density at radius 3 is 2.23 bits per heavy atom. The first-order valence-corrected chi connectivity index (χ1v) is 12.3. The van der Waals surface area contributed by atoms with Crippen molar-refractivity contribution in [2.75, 3.05) is 12.8 Å². The summed E-state index contributed by atoms with van der Waals surface area (Å²) in [6.07, 6.45) is -3.37. The van der Waals surface area contributed by atoms with Gasteiger partial charge >= 0.3 is 6.18 Å². The van der Waals surface area contributed by atoms with Crippen molar-refractivity contribution in [3.63, 3.8) is 0 Å². The molecule has 0 radical (unpaired) electrons. The number of nitrogens with zero attached hydrogens (tertiary/aromatic N) is 3. The molecule has 6 nitrogen and oxygen atoms in total. The van der Waals surface area contributed by atoms with E-state index in [9.17, 15) is 13.2 Å². The molecule has 0 aliphatic heterocycles. The van der Waals surface area contributed by atoms with Crippen molar-refractivity contribution >= 4 is 17.1 Å². The molecule has 200 valence electrons. The number of hydrogen-bond donors (Lipinski definition) is 1. The maximum atomic E-state index is 12.6. The number of ether oxygens (including phenoxy) is 2. The highest BCUT2D eigenvalue weighted by molar-refractivity contribution is 5.80. The minimum Gasteiger partial charge on any atom is -0.493 e. The van der Waals surface area contributed by atoms with Crippen molar-refractivity contribution < 1.29 is 22.6 Å². The van der Waals surface area contributed by atoms with Gasteiger partial charge in [0.25, 0.3) is 0 Å². The average molecular weight is 533 g/mol. The fraction of sp³-hybridized carbons (Fsp3) is 0.200. The number of methoxy groups -OCH3 is 1. The summed E-state index contributed by atoms with van der Waals surface area (Å²) in [6, 6.07) is 21.9. The van der Waals surface area contributed by atoms with Gasteiger partial charge in [-0.05, 0) is 47.4 Å². The van der Waals surface area contributed by atoms with Crippen molar-refractivity contribution in [3.8, 4) is 22.6 Å². The van der Waals surface area contributed by atoms with Crippen LogP contribution in [0.4, 0.5) is 19.1 Å². The number of benzene rings is 3. The van der Waals surface area contributed by atoms with Gasteiger partial charge in [-0.3, -0.25) is 4.57 Å². The summed E-state index contributed by atoms with van der Waals surface area (Å²) >= 11 is 0. The summed E-state index contributed by atoms with van der Waals surface area (Å²) in [5.74, 6) is 1.40. The number of aromatic nitrogens is 3. The Morgan fingerprint density at radius 1 is 0.846 bits per heavy atom. The lowest BCUT2D eigenvalue weighted by molar-refractivity contribution is -0.127. The summed E-state index contributed by atoms with van der Waals surface area (Å²) in [4.78, 5) is 9.17. The zero-order chi connectivity index (χ0) is 27.6. The molecule has 3 aromatic carbocycles. The van der Waals surface area contributed by atoms with Crippen molar-refractivity contribution in [1.82, 2.24) is 14.5 Å². The van der Waals surface area contributed by atoms with Crippen molar-refractivity contribution in [2.24, 2.45) is 0 Å². The topological polar surface area (TPSA) is 75.2 Å². The van der Waals surface area contributed by atoms with Crippen LogP contribution in [0.25, 0.3) is 22.3 Å². The van der Waals surface area contributed by atoms with E-state index in [4.69, 9.17) is 15.2 Å². The van der Waals surface area contributed by atoms with Crippen LogP contribution in [-0.2, 0) is 19.6 Å². The second-order valence-corrected chi connectivity index (χ2v) is 9.37. The number of imidazole rings is 1. The van der Waals surface area contributed by atoms with Gasteiger partial charge in [-0.2, -0.15) is 13.2 Å². The summed E-state index contributed by atoms with van der Waals surface area (Å²) in [5.41, 5.74) is 12.7. The minimum absolute atomic E-state index is 0.189. The molecule has 0 saturated heterocycles. The van der Waals surface area contributed by atoms with E-state index in [0.29, 0.717) is 35.2 Å². The van der Waals surface area contributed by atoms with Crippen LogP contribution in [0.3, 0.4) is 0 Å². The molecule has 0 saturated carbocycles. The fourth-order valence-corrected chi connectivity index (χ4v) is 4.35. The number of nitrogens with two attached hydrogens (primary N) is 1. The van der Waals surface area contributed by atoms with E-state index in [2.05, 4.69) is 34.2 Å². The van der Waals surface area contributed by atoms with E-state index >= 15 is 0 Å². The van der Waals surface area contributed by atoms with Gasteiger partial charge in [0.2, 0.25) is 5.95 Å². The second kappa shape index (κ2) is 10.7. The van der Waals surface area contributed by atoms with Gasteiger partial charge < -0.3 is 15.2 Å². The first kappa shape index (κ1) is 26.1. The van der Waals surface area contributed by atoms with Gasteiger partial charge in [-0.25, -0.2) is 9.97 Å². The van der Waals surface area contributed by atoms with Gasteiger partial charge in [0.1, 0.15) is 12.1 Å². The maximum absolute atomic E-state index is 12.6. The second-order valence-electron chi connectivity index (χ2n) is 9.37. The summed E-state index contributed by atoms with van der Waals surface area (Å²) in [6.45, 7) is 2.66. The SMILES string of the molecule is COc1cc(Cn2c(N)nc3cc(-c4ccc(C)cc4)cnc32)ccc1OCc1ccc(CC(F)(F)F)cc1. The molecule has 5 aromatic rings. The Labute approximate surface area is 223 Å². The first-order chi connectivity index (χ1) is 18.7. The molecule has 2 heterocycles. The van der Waals surface area contributed by atoms with Crippen molar-refractivity contribution in [1.29, 1.82) is 0 Å². The fourth-order valence-electron chi connectivity index (χ4n) is 4.35. The van der Waals surface area contributed by atoms with Crippen LogP contribution in [0.15, 0.2) is 79.0 Å². The van der Waals surface area contributed by atoms with E-state index in [0.717, 1.165) is 22.3 Å². The Kier molecular flexibility index (Phi) is 7.15. The summed E-state index contributed by atoms with van der Waals surface area (Å²) < 4.78 is 51.0. The zero-order valence-corrected chi connectivity index (χ0v) is 21.5. The van der Waals surface area contributed by atoms with Crippen LogP contribution in [0.2, 0.25) is 0 Å². The molecule has 0 aliphatic carbocycles. The highest BCUT2D eigenvalue weighted by Gasteiger charge is 2.27. The average Bonchev–Trinajstić information content (AvgIpc) is 3.22. The van der Waals surface area contributed by atoms with Gasteiger partial charge in [0.15, 0.2) is 17.1 Å². The van der Waals surface area contributed by atoms with Crippen LogP contribution in [0.5, 0.6) is 11.5 Å². The van der Waals surface area contributed by atoms with Crippen molar-refractivity contribution in [3.05, 3.63) is 101 Å². The van der Waals surface area contributed by atoms with E-state index < -0.39 is 12.6 Å². The van der Waals surface area contributed by atoms with Gasteiger partial charge in [0, 0.05) is 11.8 Å². The number of nitrogen functional groups attached to an aromatic ring is 1. The molecule has 0 atom stereocenters. The van der Waals surface area contributed by atoms with Crippen molar-refractivity contribution in [2.45, 2.75) is 32.7 Å². The third kappa shape index (κ3) is 6.14. The number of rotatable bonds is 8. The van der Waals surface area contributed by atoms with E-state index in [-0.39, 0.29) is 12.2 Å². The van der Waals surface area contributed by atoms with Gasteiger partial charge in [-0.1, -0.05) is 60.2 Å². The normalized spacial score (nSPS) is 11.6. The number of alkyl halides is 3. The number of pyridine rings is 1. The Hall–Kier alpha value is -4.53. The number of fused-ring (bicyclic) bond motifs is 1. The summed E-state index contributed by atoms with van der Waals surface area (Å²) in [5, 5.41) is 0. The molecule has 9 heteroatoms. The number of anilines is 1.